The predicted molar refractivity (Wildman–Crippen MR) is 219 cm³/mol. The van der Waals surface area contributed by atoms with E-state index in [1.165, 1.54) is 73.4 Å². The van der Waals surface area contributed by atoms with E-state index in [1.54, 1.807) is 27.4 Å². The average molecular weight is 752 g/mol. The summed E-state index contributed by atoms with van der Waals surface area (Å²) in [6.07, 6.45) is 24.5. The van der Waals surface area contributed by atoms with Gasteiger partial charge in [0.05, 0.1) is 0 Å². The van der Waals surface area contributed by atoms with Crippen molar-refractivity contribution in [2.75, 3.05) is 0 Å². The predicted octanol–water partition coefficient (Wildman–Crippen LogP) is 11.1. The van der Waals surface area contributed by atoms with Crippen LogP contribution in [-0.4, -0.2) is 3.21 Å². The molecule has 52 heavy (non-hydrogen) atoms. The third-order valence-corrected chi connectivity index (χ3v) is 10.7. The van der Waals surface area contributed by atoms with Crippen molar-refractivity contribution >= 4 is 20.4 Å². The Kier molecular flexibility index (Phi) is 13.2. The molecule has 1 heteroatoms. The molecule has 0 amide bonds. The van der Waals surface area contributed by atoms with Crippen molar-refractivity contribution in [2.24, 2.45) is 5.41 Å². The molecule has 1 atom stereocenters. The molecule has 0 heterocycles. The van der Waals surface area contributed by atoms with Crippen molar-refractivity contribution in [1.29, 1.82) is 0 Å². The van der Waals surface area contributed by atoms with E-state index in [0.717, 1.165) is 25.7 Å². The first kappa shape index (κ1) is 37.3. The van der Waals surface area contributed by atoms with Crippen LogP contribution in [0.5, 0.6) is 0 Å². The zero-order valence-corrected chi connectivity index (χ0v) is 33.3. The van der Waals surface area contributed by atoms with Crippen LogP contribution >= 0.6 is 0 Å². The summed E-state index contributed by atoms with van der Waals surface area (Å²) in [7, 11) is 0. The van der Waals surface area contributed by atoms with Crippen molar-refractivity contribution in [2.45, 2.75) is 59.3 Å². The minimum absolute atomic E-state index is 0.0634. The Hall–Kier alpha value is -4.45. The van der Waals surface area contributed by atoms with Gasteiger partial charge in [-0.15, -0.1) is 18.1 Å². The van der Waals surface area contributed by atoms with Gasteiger partial charge in [0.1, 0.15) is 0 Å². The normalized spacial score (nSPS) is 16.3. The third-order valence-electron chi connectivity index (χ3n) is 9.88. The first-order chi connectivity index (χ1) is 25.4. The summed E-state index contributed by atoms with van der Waals surface area (Å²) in [5, 5.41) is 2.65. The van der Waals surface area contributed by atoms with E-state index >= 15 is 0 Å². The Morgan fingerprint density at radius 1 is 0.731 bits per heavy atom. The molecule has 3 aliphatic rings. The molecule has 0 N–H and O–H groups in total. The van der Waals surface area contributed by atoms with Crippen molar-refractivity contribution in [3.63, 3.8) is 0 Å². The second-order valence-electron chi connectivity index (χ2n) is 14.0. The van der Waals surface area contributed by atoms with E-state index in [-0.39, 0.29) is 5.41 Å². The number of hydrogen-bond acceptors (Lipinski definition) is 0. The SMILES string of the molecule is CCCCC1(C)[C-]=C2C=c3cc(C)c(-c4ccccc4)cc3=C2C=C1c1ccccc1.[C-]1=CC=CC1.[Zr+2]=[C](Cc1ccccc1)Cc1ccccc1. The van der Waals surface area contributed by atoms with Crippen LogP contribution in [0.25, 0.3) is 28.3 Å². The fourth-order valence-electron chi connectivity index (χ4n) is 7.15. The van der Waals surface area contributed by atoms with Gasteiger partial charge in [0.2, 0.25) is 0 Å². The zero-order chi connectivity index (χ0) is 36.2. The number of fused-ring (bicyclic) bond motifs is 2. The van der Waals surface area contributed by atoms with E-state index in [0.29, 0.717) is 0 Å². The van der Waals surface area contributed by atoms with E-state index in [1.807, 2.05) is 12.2 Å². The molecular formula is C51H48Zr. The molecule has 8 rings (SSSR count). The van der Waals surface area contributed by atoms with Gasteiger partial charge in [-0.05, 0) is 34.6 Å². The molecule has 256 valence electrons. The van der Waals surface area contributed by atoms with Gasteiger partial charge in [0.15, 0.2) is 0 Å². The Morgan fingerprint density at radius 3 is 1.83 bits per heavy atom. The number of hydrogen-bond donors (Lipinski definition) is 0. The molecule has 3 aliphatic carbocycles. The second kappa shape index (κ2) is 18.4. The van der Waals surface area contributed by atoms with Gasteiger partial charge >= 0.3 is 112 Å². The molecule has 5 aromatic carbocycles. The van der Waals surface area contributed by atoms with E-state index in [4.69, 9.17) is 0 Å². The van der Waals surface area contributed by atoms with Crippen LogP contribution in [0.15, 0.2) is 163 Å². The van der Waals surface area contributed by atoms with Gasteiger partial charge in [0, 0.05) is 0 Å². The fourth-order valence-corrected chi connectivity index (χ4v) is 8.15. The standard InChI is InChI=1S/C31H29.C15H14.C5H5.Zr/c1-4-5-16-31(3)21-26-18-25-17-22(2)27(23-12-8-6-9-13-23)19-28(25)29(26)20-30(31)24-14-10-7-11-15-24;1-3-8-14(9-4-1)12-7-13-15-10-5-2-6-11-15;1-2-4-5-3-1;/h6-15,17-20H,4-5,16H2,1-3H3;1-6,8-11H,12-13H2;1-3H,4H2;/q-1;;-1;+2. The summed E-state index contributed by atoms with van der Waals surface area (Å²) < 4.78 is 1.60. The zero-order valence-electron chi connectivity index (χ0n) is 30.8. The van der Waals surface area contributed by atoms with Crippen LogP contribution < -0.4 is 10.4 Å². The summed E-state index contributed by atoms with van der Waals surface area (Å²) in [4.78, 5) is 0. The summed E-state index contributed by atoms with van der Waals surface area (Å²) in [6.45, 7) is 6.86. The summed E-state index contributed by atoms with van der Waals surface area (Å²) in [5.41, 5.74) is 12.0. The van der Waals surface area contributed by atoms with Crippen LogP contribution in [0.1, 0.15) is 61.8 Å². The molecule has 1 unspecified atom stereocenters. The number of allylic oxidation sites excluding steroid dienone is 8. The van der Waals surface area contributed by atoms with Gasteiger partial charge in [-0.2, -0.15) is 23.8 Å². The quantitative estimate of drug-likeness (QED) is 0.132. The number of unbranched alkanes of at least 4 members (excludes halogenated alkanes) is 1. The molecule has 0 bridgehead atoms. The van der Waals surface area contributed by atoms with E-state index in [2.05, 4.69) is 185 Å². The van der Waals surface area contributed by atoms with Crippen LogP contribution in [-0.2, 0) is 37.1 Å². The van der Waals surface area contributed by atoms with Gasteiger partial charge in [-0.1, -0.05) is 122 Å². The Bertz CT molecular complexity index is 2150. The first-order valence-corrected chi connectivity index (χ1v) is 19.9. The van der Waals surface area contributed by atoms with E-state index in [9.17, 15) is 0 Å². The van der Waals surface area contributed by atoms with Gasteiger partial charge in [-0.3, -0.25) is 6.08 Å². The molecule has 0 aromatic heterocycles. The number of benzene rings is 5. The maximum atomic E-state index is 3.96. The molecule has 0 nitrogen and oxygen atoms in total. The Balaban J connectivity index is 0.000000183. The first-order valence-electron chi connectivity index (χ1n) is 18.6. The second-order valence-corrected chi connectivity index (χ2v) is 15.7. The van der Waals surface area contributed by atoms with Crippen LogP contribution in [0, 0.1) is 24.5 Å². The van der Waals surface area contributed by atoms with Crippen molar-refractivity contribution in [1.82, 2.24) is 0 Å². The average Bonchev–Trinajstić information content (AvgIpc) is 3.87. The molecule has 0 spiro atoms. The molecular weight excluding hydrogens is 704 g/mol. The molecule has 0 radical (unpaired) electrons. The fraction of sp³-hybridized carbons (Fsp3) is 0.196. The maximum absolute atomic E-state index is 3.96. The number of aryl methyl sites for hydroxylation is 1. The molecule has 5 aromatic rings. The van der Waals surface area contributed by atoms with Crippen LogP contribution in [0.3, 0.4) is 0 Å². The Labute approximate surface area is 326 Å². The van der Waals surface area contributed by atoms with Crippen LogP contribution in [0.4, 0.5) is 0 Å². The van der Waals surface area contributed by atoms with Gasteiger partial charge < -0.3 is 0 Å². The van der Waals surface area contributed by atoms with E-state index < -0.39 is 0 Å². The van der Waals surface area contributed by atoms with Crippen molar-refractivity contribution in [3.8, 4) is 11.1 Å². The summed E-state index contributed by atoms with van der Waals surface area (Å²) in [5.74, 6) is 0. The topological polar surface area (TPSA) is 0 Å². The molecule has 0 fully saturated rings. The molecule has 0 saturated carbocycles. The number of rotatable bonds is 9. The summed E-state index contributed by atoms with van der Waals surface area (Å²) in [6, 6.07) is 47.7. The Morgan fingerprint density at radius 2 is 1.31 bits per heavy atom. The minimum atomic E-state index is -0.0634. The summed E-state index contributed by atoms with van der Waals surface area (Å²) >= 11 is 1.55. The van der Waals surface area contributed by atoms with Crippen molar-refractivity contribution < 1.29 is 24.2 Å². The van der Waals surface area contributed by atoms with Crippen molar-refractivity contribution in [3.05, 3.63) is 208 Å². The van der Waals surface area contributed by atoms with Crippen LogP contribution in [0.2, 0.25) is 0 Å². The third kappa shape index (κ3) is 9.70. The molecule has 0 aliphatic heterocycles. The van der Waals surface area contributed by atoms with Gasteiger partial charge in [0.25, 0.3) is 0 Å². The van der Waals surface area contributed by atoms with Gasteiger partial charge in [-0.25, -0.2) is 12.2 Å². The monoisotopic (exact) mass is 750 g/mol. The molecule has 0 saturated heterocycles.